The molecule has 0 radical (unpaired) electrons. The molecular formula is C20H28Cl2N2O4S. The van der Waals surface area contributed by atoms with Gasteiger partial charge in [-0.1, -0.05) is 43.0 Å². The van der Waals surface area contributed by atoms with E-state index in [2.05, 4.69) is 6.92 Å². The van der Waals surface area contributed by atoms with Crippen molar-refractivity contribution in [1.29, 1.82) is 0 Å². The van der Waals surface area contributed by atoms with E-state index in [-0.39, 0.29) is 18.6 Å². The van der Waals surface area contributed by atoms with Crippen molar-refractivity contribution in [2.45, 2.75) is 50.5 Å². The van der Waals surface area contributed by atoms with E-state index in [4.69, 9.17) is 27.9 Å². The predicted molar refractivity (Wildman–Crippen MR) is 116 cm³/mol. The minimum atomic E-state index is -1.60. The zero-order chi connectivity index (χ0) is 21.6. The van der Waals surface area contributed by atoms with E-state index >= 15 is 0 Å². The summed E-state index contributed by atoms with van der Waals surface area (Å²) in [5, 5.41) is 10.4. The summed E-state index contributed by atoms with van der Waals surface area (Å²) in [6, 6.07) is 4.70. The van der Waals surface area contributed by atoms with E-state index in [0.717, 1.165) is 24.8 Å². The molecule has 2 rings (SSSR count). The molecule has 1 aliphatic heterocycles. The van der Waals surface area contributed by atoms with Gasteiger partial charge in [0.25, 0.3) is 0 Å². The first kappa shape index (κ1) is 24.2. The van der Waals surface area contributed by atoms with Gasteiger partial charge in [0.15, 0.2) is 11.0 Å². The van der Waals surface area contributed by atoms with Crippen LogP contribution in [-0.4, -0.2) is 57.3 Å². The lowest BCUT2D eigenvalue weighted by Crippen LogP contribution is -2.54. The highest BCUT2D eigenvalue weighted by atomic mass is 35.5. The Bertz CT molecular complexity index is 767. The van der Waals surface area contributed by atoms with Crippen molar-refractivity contribution in [1.82, 2.24) is 9.21 Å². The normalized spacial score (nSPS) is 17.3. The van der Waals surface area contributed by atoms with Crippen molar-refractivity contribution in [3.05, 3.63) is 39.6 Å². The highest BCUT2D eigenvalue weighted by molar-refractivity contribution is 7.83. The Balaban J connectivity index is 2.50. The maximum atomic E-state index is 13.5. The molecule has 0 saturated heterocycles. The summed E-state index contributed by atoms with van der Waals surface area (Å²) in [5.74, 6) is 0.409. The van der Waals surface area contributed by atoms with Gasteiger partial charge in [0, 0.05) is 30.7 Å². The monoisotopic (exact) mass is 462 g/mol. The largest absolute Gasteiger partial charge is 0.396 e. The van der Waals surface area contributed by atoms with Crippen LogP contribution in [0.25, 0.3) is 0 Å². The molecule has 1 amide bonds. The van der Waals surface area contributed by atoms with Crippen LogP contribution in [0.1, 0.15) is 39.5 Å². The van der Waals surface area contributed by atoms with E-state index in [1.54, 1.807) is 34.5 Å². The number of amides is 1. The first-order chi connectivity index (χ1) is 13.8. The van der Waals surface area contributed by atoms with Crippen molar-refractivity contribution in [2.75, 3.05) is 26.9 Å². The van der Waals surface area contributed by atoms with Gasteiger partial charge in [0.1, 0.15) is 5.82 Å². The second-order valence-corrected chi connectivity index (χ2v) is 9.06. The van der Waals surface area contributed by atoms with Gasteiger partial charge in [-0.05, 0) is 36.6 Å². The Hall–Kier alpha value is -1.12. The Kier molecular flexibility index (Phi) is 9.43. The maximum Gasteiger partial charge on any atom is 0.225 e. The summed E-state index contributed by atoms with van der Waals surface area (Å²) in [5.41, 5.74) is 0.939. The lowest BCUT2D eigenvalue weighted by Gasteiger charge is -2.49. The van der Waals surface area contributed by atoms with Crippen LogP contribution in [0.3, 0.4) is 0 Å². The first-order valence-electron chi connectivity index (χ1n) is 9.63. The van der Waals surface area contributed by atoms with Gasteiger partial charge in [-0.2, -0.15) is 0 Å². The van der Waals surface area contributed by atoms with Gasteiger partial charge in [0.05, 0.1) is 24.1 Å². The molecule has 2 unspecified atom stereocenters. The van der Waals surface area contributed by atoms with E-state index in [1.807, 2.05) is 0 Å². The summed E-state index contributed by atoms with van der Waals surface area (Å²) >= 11 is 12.2. The number of benzene rings is 1. The molecule has 162 valence electrons. The number of rotatable bonds is 11. The van der Waals surface area contributed by atoms with Crippen molar-refractivity contribution in [3.8, 4) is 0 Å². The Labute approximate surface area is 185 Å². The molecule has 2 atom stereocenters. The lowest BCUT2D eigenvalue weighted by atomic mass is 9.92. The number of carbonyl (C=O) groups excluding carboxylic acids is 1. The van der Waals surface area contributed by atoms with Gasteiger partial charge in [0.2, 0.25) is 5.91 Å². The number of nitrogens with zero attached hydrogens (tertiary/aromatic N) is 2. The highest BCUT2D eigenvalue weighted by Gasteiger charge is 2.44. The number of carbonyl (C=O) groups is 1. The standard InChI is InChI=1S/C20H28Cl2N2O4S/c1-4-5-6-19-18(7-9-25)20(23(14(2)26)8-10-28-3)24(19)29(27)17-12-15(21)11-16(22)13-17/h11-13,19,25H,4-10H2,1-3H3. The van der Waals surface area contributed by atoms with Crippen molar-refractivity contribution in [3.63, 3.8) is 0 Å². The van der Waals surface area contributed by atoms with Crippen LogP contribution >= 0.6 is 23.2 Å². The van der Waals surface area contributed by atoms with Crippen LogP contribution in [-0.2, 0) is 20.5 Å². The fourth-order valence-electron chi connectivity index (χ4n) is 3.43. The summed E-state index contributed by atoms with van der Waals surface area (Å²) in [4.78, 5) is 14.4. The summed E-state index contributed by atoms with van der Waals surface area (Å²) < 4.78 is 20.4. The van der Waals surface area contributed by atoms with Crippen molar-refractivity contribution < 1.29 is 18.8 Å². The fraction of sp³-hybridized carbons (Fsp3) is 0.550. The molecule has 29 heavy (non-hydrogen) atoms. The SMILES string of the molecule is CCCCC1C(CCO)=C(N(CCOC)C(C)=O)N1S(=O)c1cc(Cl)cc(Cl)c1. The zero-order valence-electron chi connectivity index (χ0n) is 17.0. The third-order valence-electron chi connectivity index (χ3n) is 4.76. The number of unbranched alkanes of at least 4 members (excludes halogenated alkanes) is 1. The fourth-order valence-corrected chi connectivity index (χ4v) is 5.60. The van der Waals surface area contributed by atoms with Gasteiger partial charge in [-0.15, -0.1) is 0 Å². The first-order valence-corrected chi connectivity index (χ1v) is 11.5. The molecule has 1 aromatic carbocycles. The Morgan fingerprint density at radius 2 is 1.97 bits per heavy atom. The van der Waals surface area contributed by atoms with Gasteiger partial charge >= 0.3 is 0 Å². The molecule has 0 spiro atoms. The molecule has 1 aromatic rings. The number of halogens is 2. The number of ether oxygens (including phenoxy) is 1. The van der Waals surface area contributed by atoms with Crippen LogP contribution in [0, 0.1) is 0 Å². The van der Waals surface area contributed by atoms with Crippen LogP contribution in [0.2, 0.25) is 10.0 Å². The molecule has 0 aliphatic carbocycles. The molecule has 1 N–H and O–H groups in total. The zero-order valence-corrected chi connectivity index (χ0v) is 19.3. The molecule has 6 nitrogen and oxygen atoms in total. The van der Waals surface area contributed by atoms with Gasteiger partial charge in [-0.3, -0.25) is 14.0 Å². The highest BCUT2D eigenvalue weighted by Crippen LogP contribution is 2.41. The van der Waals surface area contributed by atoms with E-state index in [1.165, 1.54) is 6.92 Å². The van der Waals surface area contributed by atoms with E-state index in [0.29, 0.717) is 40.3 Å². The summed E-state index contributed by atoms with van der Waals surface area (Å²) in [6.07, 6.45) is 3.13. The molecule has 0 saturated carbocycles. The van der Waals surface area contributed by atoms with Crippen molar-refractivity contribution in [2.24, 2.45) is 0 Å². The molecule has 9 heteroatoms. The second-order valence-electron chi connectivity index (χ2n) is 6.82. The Morgan fingerprint density at radius 1 is 1.31 bits per heavy atom. The minimum absolute atomic E-state index is 0.0407. The van der Waals surface area contributed by atoms with Crippen LogP contribution < -0.4 is 0 Å². The molecule has 0 bridgehead atoms. The topological polar surface area (TPSA) is 70.1 Å². The van der Waals surface area contributed by atoms with Crippen LogP contribution in [0.15, 0.2) is 34.5 Å². The molecule has 1 heterocycles. The molecular weight excluding hydrogens is 435 g/mol. The smallest absolute Gasteiger partial charge is 0.225 e. The van der Waals surface area contributed by atoms with E-state index < -0.39 is 11.0 Å². The third kappa shape index (κ3) is 5.73. The number of aliphatic hydroxyl groups is 1. The minimum Gasteiger partial charge on any atom is -0.396 e. The third-order valence-corrected chi connectivity index (χ3v) is 6.62. The van der Waals surface area contributed by atoms with Gasteiger partial charge < -0.3 is 9.84 Å². The number of methoxy groups -OCH3 is 1. The van der Waals surface area contributed by atoms with Crippen LogP contribution in [0.5, 0.6) is 0 Å². The molecule has 1 aliphatic rings. The summed E-state index contributed by atoms with van der Waals surface area (Å²) in [6.45, 7) is 4.20. The maximum absolute atomic E-state index is 13.5. The van der Waals surface area contributed by atoms with Gasteiger partial charge in [-0.25, -0.2) is 4.21 Å². The Morgan fingerprint density at radius 3 is 2.48 bits per heavy atom. The quantitative estimate of drug-likeness (QED) is 0.539. The molecule has 0 fully saturated rings. The number of hydrogen-bond donors (Lipinski definition) is 1. The summed E-state index contributed by atoms with van der Waals surface area (Å²) in [7, 11) is -0.0367. The predicted octanol–water partition coefficient (Wildman–Crippen LogP) is 3.98. The second kappa shape index (κ2) is 11.3. The average molecular weight is 463 g/mol. The van der Waals surface area contributed by atoms with Crippen LogP contribution in [0.4, 0.5) is 0 Å². The lowest BCUT2D eigenvalue weighted by molar-refractivity contribution is -0.129. The number of hydrogen-bond acceptors (Lipinski definition) is 4. The van der Waals surface area contributed by atoms with E-state index in [9.17, 15) is 14.1 Å². The average Bonchev–Trinajstić information content (AvgIpc) is 2.65. The molecule has 0 aromatic heterocycles. The van der Waals surface area contributed by atoms with Crippen molar-refractivity contribution >= 4 is 40.1 Å². The number of aliphatic hydroxyl groups excluding tert-OH is 1.